The summed E-state index contributed by atoms with van der Waals surface area (Å²) in [5.74, 6) is 0. The Labute approximate surface area is 98.2 Å². The third kappa shape index (κ3) is 3.81. The van der Waals surface area contributed by atoms with Crippen LogP contribution in [0, 0.1) is 0 Å². The Morgan fingerprint density at radius 1 is 0.933 bits per heavy atom. The fourth-order valence-corrected chi connectivity index (χ4v) is 10.3. The van der Waals surface area contributed by atoms with Gasteiger partial charge in [-0.2, -0.15) is 0 Å². The highest BCUT2D eigenvalue weighted by Crippen LogP contribution is 2.45. The molecule has 0 heterocycles. The first-order valence-electron chi connectivity index (χ1n) is 5.94. The standard InChI is InChI=1S/C11H27O2PSi/c1-8-12-14-13-15(9(2)3,10(4)5)11(6)7/h9-11,14H,8H2,1-7H3. The van der Waals surface area contributed by atoms with Crippen molar-refractivity contribution in [2.45, 2.75) is 65.1 Å². The van der Waals surface area contributed by atoms with Crippen molar-refractivity contribution in [3.8, 4) is 0 Å². The van der Waals surface area contributed by atoms with E-state index in [2.05, 4.69) is 41.5 Å². The highest BCUT2D eigenvalue weighted by atomic mass is 31.1. The summed E-state index contributed by atoms with van der Waals surface area (Å²) in [6.45, 7) is 16.5. The van der Waals surface area contributed by atoms with Crippen molar-refractivity contribution in [3.05, 3.63) is 0 Å². The lowest BCUT2D eigenvalue weighted by Gasteiger charge is -2.41. The van der Waals surface area contributed by atoms with E-state index in [1.165, 1.54) is 0 Å². The highest BCUT2D eigenvalue weighted by Gasteiger charge is 2.45. The van der Waals surface area contributed by atoms with E-state index in [1.807, 2.05) is 6.92 Å². The molecule has 0 N–H and O–H groups in total. The van der Waals surface area contributed by atoms with Gasteiger partial charge in [0, 0.05) is 0 Å². The molecule has 0 rings (SSSR count). The molecular formula is C11H27O2PSi. The molecule has 0 fully saturated rings. The molecule has 0 aromatic rings. The van der Waals surface area contributed by atoms with Gasteiger partial charge in [-0.05, 0) is 23.5 Å². The van der Waals surface area contributed by atoms with Crippen LogP contribution >= 0.6 is 9.03 Å². The van der Waals surface area contributed by atoms with Gasteiger partial charge in [-0.25, -0.2) is 0 Å². The summed E-state index contributed by atoms with van der Waals surface area (Å²) in [4.78, 5) is 0. The summed E-state index contributed by atoms with van der Waals surface area (Å²) in [5, 5.41) is 0. The van der Waals surface area contributed by atoms with Crippen LogP contribution < -0.4 is 0 Å². The van der Waals surface area contributed by atoms with Gasteiger partial charge in [-0.3, -0.25) is 0 Å². The summed E-state index contributed by atoms with van der Waals surface area (Å²) in [5.41, 5.74) is 1.93. The molecule has 0 bridgehead atoms. The smallest absolute Gasteiger partial charge is 0.207 e. The maximum Gasteiger partial charge on any atom is 0.207 e. The molecule has 0 amide bonds. The Balaban J connectivity index is 4.65. The average molecular weight is 250 g/mol. The molecule has 2 nitrogen and oxygen atoms in total. The summed E-state index contributed by atoms with van der Waals surface area (Å²) in [6, 6.07) is 0. The van der Waals surface area contributed by atoms with E-state index in [9.17, 15) is 0 Å². The molecule has 92 valence electrons. The predicted molar refractivity (Wildman–Crippen MR) is 72.1 cm³/mol. The molecule has 0 saturated heterocycles. The van der Waals surface area contributed by atoms with Crippen LogP contribution in [-0.2, 0) is 8.74 Å². The molecule has 0 aromatic heterocycles. The van der Waals surface area contributed by atoms with Gasteiger partial charge in [0.25, 0.3) is 0 Å². The minimum atomic E-state index is -1.68. The van der Waals surface area contributed by atoms with Crippen LogP contribution in [0.3, 0.4) is 0 Å². The Bertz CT molecular complexity index is 150. The summed E-state index contributed by atoms with van der Waals surface area (Å²) in [7, 11) is -1.45. The van der Waals surface area contributed by atoms with Crippen LogP contribution in [0.1, 0.15) is 48.5 Å². The minimum absolute atomic E-state index is 0.224. The first kappa shape index (κ1) is 15.6. The van der Waals surface area contributed by atoms with Gasteiger partial charge in [-0.1, -0.05) is 41.5 Å². The third-order valence-corrected chi connectivity index (χ3v) is 10.7. The Kier molecular flexibility index (Phi) is 7.27. The zero-order valence-corrected chi connectivity index (χ0v) is 13.3. The first-order chi connectivity index (χ1) is 6.89. The molecule has 0 saturated carbocycles. The topological polar surface area (TPSA) is 18.5 Å². The molecule has 4 heteroatoms. The zero-order chi connectivity index (χ0) is 12.1. The molecule has 0 spiro atoms. The van der Waals surface area contributed by atoms with Crippen LogP contribution in [0.4, 0.5) is 0 Å². The van der Waals surface area contributed by atoms with Crippen molar-refractivity contribution < 1.29 is 8.74 Å². The largest absolute Gasteiger partial charge is 0.376 e. The van der Waals surface area contributed by atoms with E-state index in [1.54, 1.807) is 0 Å². The van der Waals surface area contributed by atoms with Crippen LogP contribution in [-0.4, -0.2) is 14.9 Å². The second-order valence-corrected chi connectivity index (χ2v) is 11.4. The van der Waals surface area contributed by atoms with Gasteiger partial charge in [0.15, 0.2) is 0 Å². The first-order valence-corrected chi connectivity index (χ1v) is 8.90. The maximum absolute atomic E-state index is 6.20. The van der Waals surface area contributed by atoms with E-state index in [0.29, 0.717) is 16.6 Å². The van der Waals surface area contributed by atoms with Crippen LogP contribution in [0.2, 0.25) is 16.6 Å². The third-order valence-electron chi connectivity index (χ3n) is 3.13. The zero-order valence-electron chi connectivity index (χ0n) is 11.3. The van der Waals surface area contributed by atoms with E-state index in [0.717, 1.165) is 6.61 Å². The quantitative estimate of drug-likeness (QED) is 0.369. The molecule has 0 aromatic carbocycles. The number of hydrogen-bond donors (Lipinski definition) is 0. The lowest BCUT2D eigenvalue weighted by Crippen LogP contribution is -2.45. The monoisotopic (exact) mass is 250 g/mol. The average Bonchev–Trinajstić information content (AvgIpc) is 2.10. The van der Waals surface area contributed by atoms with Gasteiger partial charge < -0.3 is 8.74 Å². The van der Waals surface area contributed by atoms with E-state index in [4.69, 9.17) is 8.74 Å². The summed E-state index contributed by atoms with van der Waals surface area (Å²) < 4.78 is 11.6. The van der Waals surface area contributed by atoms with Gasteiger partial charge in [0.2, 0.25) is 8.32 Å². The predicted octanol–water partition coefficient (Wildman–Crippen LogP) is 4.72. The molecule has 15 heavy (non-hydrogen) atoms. The lowest BCUT2D eigenvalue weighted by atomic mass is 10.5. The van der Waals surface area contributed by atoms with Crippen molar-refractivity contribution >= 4 is 17.4 Å². The summed E-state index contributed by atoms with van der Waals surface area (Å²) >= 11 is 0. The van der Waals surface area contributed by atoms with E-state index < -0.39 is 8.32 Å². The molecule has 0 aliphatic carbocycles. The normalized spacial score (nSPS) is 14.0. The fourth-order valence-electron chi connectivity index (χ4n) is 2.51. The number of hydrogen-bond acceptors (Lipinski definition) is 2. The second kappa shape index (κ2) is 7.00. The van der Waals surface area contributed by atoms with Crippen LogP contribution in [0.5, 0.6) is 0 Å². The van der Waals surface area contributed by atoms with E-state index >= 15 is 0 Å². The summed E-state index contributed by atoms with van der Waals surface area (Å²) in [6.07, 6.45) is 0. The molecule has 1 atom stereocenters. The number of rotatable bonds is 7. The Morgan fingerprint density at radius 2 is 1.33 bits per heavy atom. The lowest BCUT2D eigenvalue weighted by molar-refractivity contribution is 0.341. The fraction of sp³-hybridized carbons (Fsp3) is 1.00. The molecular weight excluding hydrogens is 223 g/mol. The van der Waals surface area contributed by atoms with Gasteiger partial charge in [-0.15, -0.1) is 0 Å². The SMILES string of the molecule is CCOPO[Si](C(C)C)(C(C)C)C(C)C. The van der Waals surface area contributed by atoms with Crippen LogP contribution in [0.25, 0.3) is 0 Å². The van der Waals surface area contributed by atoms with Gasteiger partial charge in [0.1, 0.15) is 9.03 Å². The van der Waals surface area contributed by atoms with Crippen molar-refractivity contribution in [1.29, 1.82) is 0 Å². The second-order valence-electron chi connectivity index (χ2n) is 4.94. The van der Waals surface area contributed by atoms with Gasteiger partial charge in [0.05, 0.1) is 6.61 Å². The Morgan fingerprint density at radius 3 is 1.60 bits per heavy atom. The van der Waals surface area contributed by atoms with Crippen molar-refractivity contribution in [2.24, 2.45) is 0 Å². The van der Waals surface area contributed by atoms with Gasteiger partial charge >= 0.3 is 0 Å². The minimum Gasteiger partial charge on any atom is -0.376 e. The van der Waals surface area contributed by atoms with Crippen LogP contribution in [0.15, 0.2) is 0 Å². The molecule has 0 radical (unpaired) electrons. The Hall–Kier alpha value is 0.567. The van der Waals surface area contributed by atoms with Crippen molar-refractivity contribution in [3.63, 3.8) is 0 Å². The highest BCUT2D eigenvalue weighted by molar-refractivity contribution is 7.29. The van der Waals surface area contributed by atoms with Crippen molar-refractivity contribution in [2.75, 3.05) is 6.61 Å². The van der Waals surface area contributed by atoms with E-state index in [-0.39, 0.29) is 9.03 Å². The maximum atomic E-state index is 6.20. The molecule has 0 aliphatic heterocycles. The van der Waals surface area contributed by atoms with Crippen molar-refractivity contribution in [1.82, 2.24) is 0 Å². The molecule has 0 aliphatic rings. The molecule has 1 unspecified atom stereocenters.